The Kier molecular flexibility index (Phi) is 6.81. The van der Waals surface area contributed by atoms with E-state index in [0.29, 0.717) is 6.61 Å². The summed E-state index contributed by atoms with van der Waals surface area (Å²) in [5.74, 6) is 0.374. The third kappa shape index (κ3) is 5.14. The standard InChI is InChI=1S/C30H38N2O3/c1-7-20-16-25-26(30(4,5)13-12-29(25,2)3)17-22(20)19-35-23-10-8-21(9-11-23)24(18-27(33)34)28-31-14-15-32(28)6/h8-11,14-17,24H,7,12-13,18-19H2,1-6H3,(H,33,34)/t24-/m0/s1. The Hall–Kier alpha value is -3.08. The van der Waals surface area contributed by atoms with Crippen molar-refractivity contribution in [1.29, 1.82) is 0 Å². The lowest BCUT2D eigenvalue weighted by atomic mass is 9.62. The first kappa shape index (κ1) is 25.0. The van der Waals surface area contributed by atoms with Crippen LogP contribution < -0.4 is 4.74 Å². The predicted molar refractivity (Wildman–Crippen MR) is 139 cm³/mol. The van der Waals surface area contributed by atoms with Crippen molar-refractivity contribution >= 4 is 5.97 Å². The van der Waals surface area contributed by atoms with E-state index in [1.807, 2.05) is 42.1 Å². The second-order valence-corrected chi connectivity index (χ2v) is 11.2. The van der Waals surface area contributed by atoms with Crippen LogP contribution in [0.4, 0.5) is 0 Å². The normalized spacial score (nSPS) is 17.0. The molecule has 0 aliphatic heterocycles. The average molecular weight is 475 g/mol. The van der Waals surface area contributed by atoms with Gasteiger partial charge in [-0.25, -0.2) is 4.98 Å². The van der Waals surface area contributed by atoms with Crippen molar-refractivity contribution in [2.75, 3.05) is 0 Å². The molecule has 186 valence electrons. The van der Waals surface area contributed by atoms with Gasteiger partial charge in [0.05, 0.1) is 12.3 Å². The number of carboxylic acid groups (broad SMARTS) is 1. The van der Waals surface area contributed by atoms with Gasteiger partial charge in [-0.3, -0.25) is 4.79 Å². The van der Waals surface area contributed by atoms with E-state index in [0.717, 1.165) is 23.6 Å². The van der Waals surface area contributed by atoms with E-state index in [9.17, 15) is 9.90 Å². The first-order valence-electron chi connectivity index (χ1n) is 12.6. The lowest BCUT2D eigenvalue weighted by molar-refractivity contribution is -0.137. The van der Waals surface area contributed by atoms with Gasteiger partial charge in [-0.1, -0.05) is 58.9 Å². The molecule has 0 bridgehead atoms. The molecule has 0 spiro atoms. The molecule has 1 atom stereocenters. The molecule has 0 fully saturated rings. The number of hydrogen-bond acceptors (Lipinski definition) is 3. The summed E-state index contributed by atoms with van der Waals surface area (Å²) in [6, 6.07) is 12.6. The van der Waals surface area contributed by atoms with Crippen LogP contribution in [0.3, 0.4) is 0 Å². The first-order valence-corrected chi connectivity index (χ1v) is 12.6. The lowest BCUT2D eigenvalue weighted by Crippen LogP contribution is -2.34. The molecule has 2 aromatic carbocycles. The van der Waals surface area contributed by atoms with Crippen LogP contribution in [-0.2, 0) is 35.7 Å². The molecule has 0 saturated carbocycles. The second kappa shape index (κ2) is 9.52. The Bertz CT molecular complexity index is 1200. The van der Waals surface area contributed by atoms with Crippen molar-refractivity contribution in [3.05, 3.63) is 82.4 Å². The minimum absolute atomic E-state index is 0.00776. The fourth-order valence-corrected chi connectivity index (χ4v) is 5.37. The highest BCUT2D eigenvalue weighted by atomic mass is 16.5. The minimum atomic E-state index is -0.844. The Balaban J connectivity index is 1.56. The summed E-state index contributed by atoms with van der Waals surface area (Å²) >= 11 is 0. The zero-order valence-corrected chi connectivity index (χ0v) is 21.9. The van der Waals surface area contributed by atoms with Crippen molar-refractivity contribution in [3.8, 4) is 5.75 Å². The summed E-state index contributed by atoms with van der Waals surface area (Å²) in [6.45, 7) is 12.2. The van der Waals surface area contributed by atoms with Gasteiger partial charge in [0.2, 0.25) is 0 Å². The van der Waals surface area contributed by atoms with Crippen molar-refractivity contribution < 1.29 is 14.6 Å². The number of ether oxygens (including phenoxy) is 1. The molecule has 4 rings (SSSR count). The molecular weight excluding hydrogens is 436 g/mol. The quantitative estimate of drug-likeness (QED) is 0.404. The van der Waals surface area contributed by atoms with Gasteiger partial charge in [-0.05, 0) is 70.0 Å². The second-order valence-electron chi connectivity index (χ2n) is 11.2. The highest BCUT2D eigenvalue weighted by molar-refractivity contribution is 5.68. The van der Waals surface area contributed by atoms with Gasteiger partial charge in [-0.2, -0.15) is 0 Å². The van der Waals surface area contributed by atoms with E-state index in [4.69, 9.17) is 4.74 Å². The van der Waals surface area contributed by atoms with Crippen LogP contribution in [0.2, 0.25) is 0 Å². The van der Waals surface area contributed by atoms with Gasteiger partial charge in [0, 0.05) is 19.4 Å². The number of benzene rings is 2. The molecule has 5 nitrogen and oxygen atoms in total. The number of nitrogens with zero attached hydrogens (tertiary/aromatic N) is 2. The Morgan fingerprint density at radius 1 is 1.06 bits per heavy atom. The van der Waals surface area contributed by atoms with E-state index < -0.39 is 5.97 Å². The molecule has 0 saturated heterocycles. The predicted octanol–water partition coefficient (Wildman–Crippen LogP) is 6.52. The topological polar surface area (TPSA) is 64.3 Å². The van der Waals surface area contributed by atoms with Crippen molar-refractivity contribution in [2.24, 2.45) is 7.05 Å². The highest BCUT2D eigenvalue weighted by Gasteiger charge is 2.37. The SMILES string of the molecule is CCc1cc2c(cc1COc1ccc([C@H](CC(=O)O)c3nccn3C)cc1)C(C)(C)CCC2(C)C. The molecule has 1 aliphatic rings. The lowest BCUT2D eigenvalue weighted by Gasteiger charge is -2.42. The minimum Gasteiger partial charge on any atom is -0.489 e. The maximum absolute atomic E-state index is 11.5. The van der Waals surface area contributed by atoms with E-state index in [1.54, 1.807) is 6.20 Å². The molecular formula is C30H38N2O3. The number of imidazole rings is 1. The van der Waals surface area contributed by atoms with Gasteiger partial charge < -0.3 is 14.4 Å². The molecule has 1 N–H and O–H groups in total. The average Bonchev–Trinajstić information content (AvgIpc) is 3.24. The zero-order valence-electron chi connectivity index (χ0n) is 21.9. The number of aliphatic carboxylic acids is 1. The molecule has 5 heteroatoms. The van der Waals surface area contributed by atoms with Crippen LogP contribution >= 0.6 is 0 Å². The number of fused-ring (bicyclic) bond motifs is 1. The Labute approximate surface area is 209 Å². The van der Waals surface area contributed by atoms with Gasteiger partial charge in [0.1, 0.15) is 18.2 Å². The number of aromatic nitrogens is 2. The summed E-state index contributed by atoms with van der Waals surface area (Å²) in [7, 11) is 1.89. The molecule has 1 aliphatic carbocycles. The van der Waals surface area contributed by atoms with Crippen LogP contribution in [-0.4, -0.2) is 20.6 Å². The molecule has 3 aromatic rings. The van der Waals surface area contributed by atoms with E-state index in [-0.39, 0.29) is 23.2 Å². The van der Waals surface area contributed by atoms with Crippen molar-refractivity contribution in [3.63, 3.8) is 0 Å². The number of aryl methyl sites for hydroxylation is 2. The summed E-state index contributed by atoms with van der Waals surface area (Å²) in [5, 5.41) is 9.44. The zero-order chi connectivity index (χ0) is 25.4. The Morgan fingerprint density at radius 3 is 2.17 bits per heavy atom. The van der Waals surface area contributed by atoms with Crippen LogP contribution in [0.25, 0.3) is 0 Å². The van der Waals surface area contributed by atoms with E-state index in [2.05, 4.69) is 51.7 Å². The van der Waals surface area contributed by atoms with E-state index in [1.165, 1.54) is 35.1 Å². The third-order valence-corrected chi connectivity index (χ3v) is 7.78. The fourth-order valence-electron chi connectivity index (χ4n) is 5.37. The highest BCUT2D eigenvalue weighted by Crippen LogP contribution is 2.46. The smallest absolute Gasteiger partial charge is 0.304 e. The maximum Gasteiger partial charge on any atom is 0.304 e. The first-order chi connectivity index (χ1) is 16.5. The summed E-state index contributed by atoms with van der Waals surface area (Å²) in [4.78, 5) is 15.9. The van der Waals surface area contributed by atoms with Gasteiger partial charge in [-0.15, -0.1) is 0 Å². The summed E-state index contributed by atoms with van der Waals surface area (Å²) in [6.07, 6.45) is 6.91. The molecule has 1 heterocycles. The fraction of sp³-hybridized carbons (Fsp3) is 0.467. The van der Waals surface area contributed by atoms with Crippen LogP contribution in [0.15, 0.2) is 48.8 Å². The van der Waals surface area contributed by atoms with Crippen molar-refractivity contribution in [2.45, 2.75) is 83.7 Å². The number of hydrogen-bond donors (Lipinski definition) is 1. The van der Waals surface area contributed by atoms with Crippen molar-refractivity contribution in [1.82, 2.24) is 9.55 Å². The largest absolute Gasteiger partial charge is 0.489 e. The molecule has 35 heavy (non-hydrogen) atoms. The molecule has 1 aromatic heterocycles. The number of carbonyl (C=O) groups is 1. The van der Waals surface area contributed by atoms with Crippen LogP contribution in [0.5, 0.6) is 5.75 Å². The van der Waals surface area contributed by atoms with Crippen LogP contribution in [0.1, 0.15) is 93.4 Å². The van der Waals surface area contributed by atoms with Gasteiger partial charge in [0.15, 0.2) is 0 Å². The number of rotatable bonds is 8. The monoisotopic (exact) mass is 474 g/mol. The maximum atomic E-state index is 11.5. The van der Waals surface area contributed by atoms with Gasteiger partial charge >= 0.3 is 5.97 Å². The number of carboxylic acids is 1. The summed E-state index contributed by atoms with van der Waals surface area (Å²) < 4.78 is 8.12. The summed E-state index contributed by atoms with van der Waals surface area (Å²) in [5.41, 5.74) is 6.81. The van der Waals surface area contributed by atoms with Gasteiger partial charge in [0.25, 0.3) is 0 Å². The third-order valence-electron chi connectivity index (χ3n) is 7.78. The molecule has 0 radical (unpaired) electrons. The van der Waals surface area contributed by atoms with Crippen LogP contribution in [0, 0.1) is 0 Å². The van der Waals surface area contributed by atoms with E-state index >= 15 is 0 Å². The molecule has 0 amide bonds. The Morgan fingerprint density at radius 2 is 1.66 bits per heavy atom. The molecule has 0 unspecified atom stereocenters.